The first kappa shape index (κ1) is 19.7. The fraction of sp³-hybridized carbons (Fsp3) is 0.458. The van der Waals surface area contributed by atoms with Gasteiger partial charge in [-0.1, -0.05) is 38.0 Å². The van der Waals surface area contributed by atoms with Crippen molar-refractivity contribution in [1.29, 1.82) is 5.26 Å². The summed E-state index contributed by atoms with van der Waals surface area (Å²) in [6, 6.07) is 8.24. The summed E-state index contributed by atoms with van der Waals surface area (Å²) in [5.74, 6) is 0. The second kappa shape index (κ2) is 8.41. The molecule has 1 aromatic heterocycles. The number of alkyl halides is 2. The molecule has 29 heavy (non-hydrogen) atoms. The molecular formula is C24H27F2N3. The van der Waals surface area contributed by atoms with Crippen LogP contribution in [0.4, 0.5) is 8.78 Å². The summed E-state index contributed by atoms with van der Waals surface area (Å²) in [5.41, 5.74) is 4.42. The van der Waals surface area contributed by atoms with Crippen LogP contribution in [0.5, 0.6) is 0 Å². The van der Waals surface area contributed by atoms with Crippen LogP contribution in [0.25, 0.3) is 16.6 Å². The quantitative estimate of drug-likeness (QED) is 0.627. The van der Waals surface area contributed by atoms with E-state index < -0.39 is 19.4 Å². The summed E-state index contributed by atoms with van der Waals surface area (Å²) >= 11 is 0. The van der Waals surface area contributed by atoms with Crippen LogP contribution in [-0.4, -0.2) is 35.4 Å². The SMILES string of the molecule is CCc1ccc2c(c1)c(C#N)c(C1=CC=CCN1C(CF)CF)n2C1CCCC1. The predicted molar refractivity (Wildman–Crippen MR) is 113 cm³/mol. The molecule has 2 heterocycles. The maximum Gasteiger partial charge on any atom is 0.112 e. The van der Waals surface area contributed by atoms with E-state index >= 15 is 0 Å². The van der Waals surface area contributed by atoms with Crippen LogP contribution >= 0.6 is 0 Å². The Labute approximate surface area is 170 Å². The summed E-state index contributed by atoms with van der Waals surface area (Å²) in [5, 5.41) is 11.1. The molecule has 152 valence electrons. The highest BCUT2D eigenvalue weighted by Crippen LogP contribution is 2.41. The zero-order valence-corrected chi connectivity index (χ0v) is 16.9. The van der Waals surface area contributed by atoms with Crippen molar-refractivity contribution in [3.05, 3.63) is 53.2 Å². The summed E-state index contributed by atoms with van der Waals surface area (Å²) < 4.78 is 29.5. The number of hydrogen-bond donors (Lipinski definition) is 0. The van der Waals surface area contributed by atoms with Crippen LogP contribution in [0.1, 0.15) is 55.5 Å². The van der Waals surface area contributed by atoms with Gasteiger partial charge in [-0.3, -0.25) is 0 Å². The van der Waals surface area contributed by atoms with E-state index in [1.807, 2.05) is 18.2 Å². The number of hydrogen-bond acceptors (Lipinski definition) is 2. The summed E-state index contributed by atoms with van der Waals surface area (Å²) in [6.07, 6.45) is 11.1. The van der Waals surface area contributed by atoms with E-state index in [9.17, 15) is 14.0 Å². The molecule has 0 amide bonds. The van der Waals surface area contributed by atoms with Gasteiger partial charge in [-0.2, -0.15) is 5.26 Å². The van der Waals surface area contributed by atoms with Crippen molar-refractivity contribution < 1.29 is 8.78 Å². The molecule has 0 atom stereocenters. The number of nitriles is 1. The third-order valence-corrected chi connectivity index (χ3v) is 6.32. The van der Waals surface area contributed by atoms with E-state index in [0.717, 1.165) is 41.6 Å². The topological polar surface area (TPSA) is 32.0 Å². The average Bonchev–Trinajstić information content (AvgIpc) is 3.40. The number of benzene rings is 1. The van der Waals surface area contributed by atoms with Crippen LogP contribution in [0.2, 0.25) is 0 Å². The van der Waals surface area contributed by atoms with E-state index in [2.05, 4.69) is 35.8 Å². The number of aryl methyl sites for hydroxylation is 1. The van der Waals surface area contributed by atoms with Crippen molar-refractivity contribution >= 4 is 16.6 Å². The van der Waals surface area contributed by atoms with Crippen molar-refractivity contribution in [2.75, 3.05) is 19.9 Å². The molecule has 2 aromatic rings. The average molecular weight is 395 g/mol. The largest absolute Gasteiger partial charge is 0.358 e. The molecule has 0 radical (unpaired) electrons. The minimum absolute atomic E-state index is 0.310. The van der Waals surface area contributed by atoms with Gasteiger partial charge < -0.3 is 9.47 Å². The first-order valence-corrected chi connectivity index (χ1v) is 10.6. The number of aromatic nitrogens is 1. The van der Waals surface area contributed by atoms with Crippen LogP contribution in [0.15, 0.2) is 36.4 Å². The monoisotopic (exact) mass is 395 g/mol. The number of allylic oxidation sites excluding steroid dienone is 2. The Bertz CT molecular complexity index is 986. The minimum Gasteiger partial charge on any atom is -0.358 e. The van der Waals surface area contributed by atoms with Crippen LogP contribution < -0.4 is 0 Å². The van der Waals surface area contributed by atoms with Gasteiger partial charge in [0.05, 0.1) is 28.5 Å². The molecule has 4 rings (SSSR count). The van der Waals surface area contributed by atoms with Crippen LogP contribution in [0, 0.1) is 11.3 Å². The lowest BCUT2D eigenvalue weighted by molar-refractivity contribution is 0.211. The van der Waals surface area contributed by atoms with Gasteiger partial charge in [-0.05, 0) is 43.0 Å². The minimum atomic E-state index is -0.834. The highest BCUT2D eigenvalue weighted by Gasteiger charge is 2.31. The van der Waals surface area contributed by atoms with E-state index in [0.29, 0.717) is 18.2 Å². The summed E-state index contributed by atoms with van der Waals surface area (Å²) in [7, 11) is 0. The molecule has 1 saturated carbocycles. The van der Waals surface area contributed by atoms with E-state index in [1.165, 1.54) is 18.4 Å². The number of fused-ring (bicyclic) bond motifs is 1. The van der Waals surface area contributed by atoms with Gasteiger partial charge in [0.25, 0.3) is 0 Å². The molecule has 3 nitrogen and oxygen atoms in total. The van der Waals surface area contributed by atoms with Gasteiger partial charge >= 0.3 is 0 Å². The van der Waals surface area contributed by atoms with Gasteiger partial charge in [0, 0.05) is 18.0 Å². The van der Waals surface area contributed by atoms with E-state index in [4.69, 9.17) is 0 Å². The summed E-state index contributed by atoms with van der Waals surface area (Å²) in [6.45, 7) is 1.04. The van der Waals surface area contributed by atoms with Gasteiger partial charge in [-0.25, -0.2) is 8.78 Å². The van der Waals surface area contributed by atoms with Crippen LogP contribution in [-0.2, 0) is 6.42 Å². The highest BCUT2D eigenvalue weighted by molar-refractivity contribution is 5.93. The molecule has 1 aromatic carbocycles. The maximum atomic E-state index is 13.6. The van der Waals surface area contributed by atoms with Crippen molar-refractivity contribution in [3.63, 3.8) is 0 Å². The molecule has 1 aliphatic heterocycles. The van der Waals surface area contributed by atoms with Gasteiger partial charge in [-0.15, -0.1) is 0 Å². The fourth-order valence-electron chi connectivity index (χ4n) is 4.78. The van der Waals surface area contributed by atoms with Gasteiger partial charge in [0.1, 0.15) is 19.4 Å². The molecule has 1 fully saturated rings. The second-order valence-electron chi connectivity index (χ2n) is 7.94. The molecule has 0 bridgehead atoms. The van der Waals surface area contributed by atoms with Crippen molar-refractivity contribution in [2.45, 2.75) is 51.1 Å². The van der Waals surface area contributed by atoms with Crippen molar-refractivity contribution in [2.24, 2.45) is 0 Å². The maximum absolute atomic E-state index is 13.6. The lowest BCUT2D eigenvalue weighted by Crippen LogP contribution is -2.39. The lowest BCUT2D eigenvalue weighted by Gasteiger charge is -2.34. The first-order chi connectivity index (χ1) is 14.2. The zero-order chi connectivity index (χ0) is 20.4. The Balaban J connectivity index is 1.99. The van der Waals surface area contributed by atoms with Gasteiger partial charge in [0.15, 0.2) is 0 Å². The molecule has 0 spiro atoms. The lowest BCUT2D eigenvalue weighted by atomic mass is 10.0. The zero-order valence-electron chi connectivity index (χ0n) is 16.9. The second-order valence-corrected chi connectivity index (χ2v) is 7.94. The third kappa shape index (κ3) is 3.35. The number of nitrogens with zero attached hydrogens (tertiary/aromatic N) is 3. The molecule has 0 N–H and O–H groups in total. The Morgan fingerprint density at radius 2 is 1.97 bits per heavy atom. The predicted octanol–water partition coefficient (Wildman–Crippen LogP) is 5.71. The Kier molecular flexibility index (Phi) is 5.71. The number of halogens is 2. The first-order valence-electron chi connectivity index (χ1n) is 10.6. The molecule has 1 aliphatic carbocycles. The number of rotatable bonds is 6. The van der Waals surface area contributed by atoms with Crippen LogP contribution in [0.3, 0.4) is 0 Å². The smallest absolute Gasteiger partial charge is 0.112 e. The van der Waals surface area contributed by atoms with Crippen molar-refractivity contribution in [1.82, 2.24) is 9.47 Å². The van der Waals surface area contributed by atoms with E-state index in [1.54, 1.807) is 4.90 Å². The molecule has 0 saturated heterocycles. The molecular weight excluding hydrogens is 368 g/mol. The molecule has 2 aliphatic rings. The molecule has 5 heteroatoms. The Hall–Kier alpha value is -2.61. The Morgan fingerprint density at radius 1 is 1.21 bits per heavy atom. The van der Waals surface area contributed by atoms with Gasteiger partial charge in [0.2, 0.25) is 0 Å². The molecule has 0 unspecified atom stereocenters. The standard InChI is InChI=1S/C24H27F2N3/c1-2-17-10-11-22-20(13-17)21(16-27)24(29(22)18-7-3-4-8-18)23-9-5-6-12-28(23)19(14-25)15-26/h5-6,9-11,13,18-19H,2-4,7-8,12,14-15H2,1H3. The fourth-order valence-corrected chi connectivity index (χ4v) is 4.78. The highest BCUT2D eigenvalue weighted by atomic mass is 19.1. The van der Waals surface area contributed by atoms with Crippen molar-refractivity contribution in [3.8, 4) is 6.07 Å². The Morgan fingerprint density at radius 3 is 2.62 bits per heavy atom. The normalized spacial score (nSPS) is 17.3. The third-order valence-electron chi connectivity index (χ3n) is 6.32. The van der Waals surface area contributed by atoms with E-state index in [-0.39, 0.29) is 0 Å². The summed E-state index contributed by atoms with van der Waals surface area (Å²) in [4.78, 5) is 1.78.